The van der Waals surface area contributed by atoms with Crippen molar-refractivity contribution in [3.05, 3.63) is 35.9 Å². The van der Waals surface area contributed by atoms with Gasteiger partial charge in [-0.25, -0.2) is 12.5 Å². The first-order valence-electron chi connectivity index (χ1n) is 9.21. The van der Waals surface area contributed by atoms with Crippen molar-refractivity contribution in [2.24, 2.45) is 4.40 Å². The molecule has 3 fully saturated rings. The van der Waals surface area contributed by atoms with E-state index < -0.39 is 57.2 Å². The molecule has 14 heteroatoms. The van der Waals surface area contributed by atoms with Gasteiger partial charge in [-0.15, -0.1) is 4.40 Å². The lowest BCUT2D eigenvalue weighted by Crippen LogP contribution is -2.60. The van der Waals surface area contributed by atoms with E-state index in [4.69, 9.17) is 31.5 Å². The van der Waals surface area contributed by atoms with E-state index in [0.717, 1.165) is 12.0 Å². The van der Waals surface area contributed by atoms with Gasteiger partial charge in [-0.05, 0) is 19.4 Å². The molecule has 4 rings (SSSR count). The minimum Gasteiger partial charge on any atom is -0.478 e. The molecule has 4 atom stereocenters. The Morgan fingerprint density at radius 1 is 1.23 bits per heavy atom. The van der Waals surface area contributed by atoms with Crippen molar-refractivity contribution >= 4 is 27.1 Å². The highest BCUT2D eigenvalue weighted by Gasteiger charge is 2.66. The molecular formula is C17H21NO11S2. The average Bonchev–Trinajstić information content (AvgIpc) is 3.16. The Morgan fingerprint density at radius 3 is 2.71 bits per heavy atom. The first kappa shape index (κ1) is 22.5. The van der Waals surface area contributed by atoms with Gasteiger partial charge in [-0.2, -0.15) is 16.8 Å². The summed E-state index contributed by atoms with van der Waals surface area (Å²) in [6.45, 7) is 2.33. The molecule has 0 N–H and O–H groups in total. The third-order valence-corrected chi connectivity index (χ3v) is 6.34. The van der Waals surface area contributed by atoms with Gasteiger partial charge in [0.2, 0.25) is 5.79 Å². The zero-order chi connectivity index (χ0) is 22.3. The number of hydrogen-bond donors (Lipinski definition) is 0. The van der Waals surface area contributed by atoms with Crippen molar-refractivity contribution in [3.8, 4) is 0 Å². The largest absolute Gasteiger partial charge is 0.478 e. The van der Waals surface area contributed by atoms with Gasteiger partial charge in [0.05, 0.1) is 6.61 Å². The summed E-state index contributed by atoms with van der Waals surface area (Å²) in [5.74, 6) is -2.98. The molecule has 12 nitrogen and oxygen atoms in total. The summed E-state index contributed by atoms with van der Waals surface area (Å²) in [6.07, 6.45) is -2.43. The molecule has 1 aromatic rings. The Balaban J connectivity index is 1.41. The van der Waals surface area contributed by atoms with Crippen molar-refractivity contribution in [1.82, 2.24) is 0 Å². The lowest BCUT2D eigenvalue weighted by atomic mass is 9.98. The summed E-state index contributed by atoms with van der Waals surface area (Å²) in [4.78, 5) is 0. The van der Waals surface area contributed by atoms with Crippen LogP contribution in [0, 0.1) is 0 Å². The Morgan fingerprint density at radius 2 is 1.97 bits per heavy atom. The SMILES string of the molecule is CC1(C)O[C@H]2[C@@H]3OS(=O)(=O)O[C@@H]3CO[C@@]2(COS(=O)(=O)N=COCc2ccccc2)O1. The topological polar surface area (TPSA) is 145 Å². The van der Waals surface area contributed by atoms with Crippen LogP contribution in [0.3, 0.4) is 0 Å². The van der Waals surface area contributed by atoms with Gasteiger partial charge in [-0.1, -0.05) is 30.3 Å². The number of ether oxygens (including phenoxy) is 4. The van der Waals surface area contributed by atoms with Crippen molar-refractivity contribution < 1.29 is 48.3 Å². The average molecular weight is 479 g/mol. The quantitative estimate of drug-likeness (QED) is 0.396. The van der Waals surface area contributed by atoms with Crippen LogP contribution < -0.4 is 0 Å². The van der Waals surface area contributed by atoms with Crippen molar-refractivity contribution in [3.63, 3.8) is 0 Å². The fourth-order valence-corrected chi connectivity index (χ4v) is 5.02. The van der Waals surface area contributed by atoms with Gasteiger partial charge >= 0.3 is 20.7 Å². The molecule has 0 aromatic heterocycles. The molecule has 3 heterocycles. The molecule has 0 spiro atoms. The second-order valence-corrected chi connectivity index (χ2v) is 9.97. The first-order valence-corrected chi connectivity index (χ1v) is 11.9. The highest BCUT2D eigenvalue weighted by molar-refractivity contribution is 7.85. The molecule has 0 amide bonds. The molecule has 1 aromatic carbocycles. The first-order chi connectivity index (χ1) is 14.5. The van der Waals surface area contributed by atoms with Crippen LogP contribution in [0.4, 0.5) is 0 Å². The number of nitrogens with zero attached hydrogens (tertiary/aromatic N) is 1. The maximum absolute atomic E-state index is 12.2. The van der Waals surface area contributed by atoms with Crippen LogP contribution >= 0.6 is 0 Å². The van der Waals surface area contributed by atoms with Gasteiger partial charge in [0.25, 0.3) is 0 Å². The van der Waals surface area contributed by atoms with Crippen molar-refractivity contribution in [2.45, 2.75) is 50.3 Å². The maximum atomic E-state index is 12.2. The van der Waals surface area contributed by atoms with Gasteiger partial charge in [0.1, 0.15) is 31.5 Å². The zero-order valence-corrected chi connectivity index (χ0v) is 18.2. The Hall–Kier alpha value is -1.65. The van der Waals surface area contributed by atoms with Crippen LogP contribution in [0.1, 0.15) is 19.4 Å². The summed E-state index contributed by atoms with van der Waals surface area (Å²) in [5.41, 5.74) is 0.826. The second-order valence-electron chi connectivity index (χ2n) is 7.46. The van der Waals surface area contributed by atoms with Crippen LogP contribution in [0.25, 0.3) is 0 Å². The molecular weight excluding hydrogens is 458 g/mol. The third kappa shape index (κ3) is 5.06. The lowest BCUT2D eigenvalue weighted by Gasteiger charge is -2.39. The van der Waals surface area contributed by atoms with Crippen LogP contribution in [0.5, 0.6) is 0 Å². The molecule has 172 valence electrons. The summed E-state index contributed by atoms with van der Waals surface area (Å²) in [5, 5.41) is 0. The van der Waals surface area contributed by atoms with E-state index in [-0.39, 0.29) is 13.2 Å². The fraction of sp³-hybridized carbons (Fsp3) is 0.588. The smallest absolute Gasteiger partial charge is 0.400 e. The maximum Gasteiger partial charge on any atom is 0.400 e. The Kier molecular flexibility index (Phi) is 5.85. The number of benzene rings is 1. The van der Waals surface area contributed by atoms with Crippen LogP contribution in [-0.4, -0.2) is 66.3 Å². The predicted octanol–water partition coefficient (Wildman–Crippen LogP) is 0.400. The van der Waals surface area contributed by atoms with E-state index in [1.807, 2.05) is 18.2 Å². The van der Waals surface area contributed by atoms with Gasteiger partial charge in [0.15, 0.2) is 12.2 Å². The van der Waals surface area contributed by atoms with Crippen LogP contribution in [0.2, 0.25) is 0 Å². The van der Waals surface area contributed by atoms with Crippen LogP contribution in [0.15, 0.2) is 34.7 Å². The van der Waals surface area contributed by atoms with Gasteiger partial charge in [-0.3, -0.25) is 0 Å². The lowest BCUT2D eigenvalue weighted by molar-refractivity contribution is -0.290. The predicted molar refractivity (Wildman–Crippen MR) is 102 cm³/mol. The summed E-state index contributed by atoms with van der Waals surface area (Å²) in [7, 11) is -8.65. The molecule has 31 heavy (non-hydrogen) atoms. The summed E-state index contributed by atoms with van der Waals surface area (Å²) < 4.78 is 87.8. The molecule has 0 radical (unpaired) electrons. The summed E-state index contributed by atoms with van der Waals surface area (Å²) >= 11 is 0. The van der Waals surface area contributed by atoms with Gasteiger partial charge in [0, 0.05) is 0 Å². The van der Waals surface area contributed by atoms with E-state index >= 15 is 0 Å². The highest BCUT2D eigenvalue weighted by Crippen LogP contribution is 2.46. The van der Waals surface area contributed by atoms with Gasteiger partial charge < -0.3 is 18.9 Å². The molecule has 0 unspecified atom stereocenters. The monoisotopic (exact) mass is 479 g/mol. The van der Waals surface area contributed by atoms with Crippen molar-refractivity contribution in [2.75, 3.05) is 13.2 Å². The zero-order valence-electron chi connectivity index (χ0n) is 16.6. The molecule has 3 saturated heterocycles. The molecule has 3 aliphatic rings. The molecule has 0 aliphatic carbocycles. The minimum absolute atomic E-state index is 0.120. The van der Waals surface area contributed by atoms with E-state index in [2.05, 4.69) is 4.40 Å². The fourth-order valence-electron chi connectivity index (χ4n) is 3.47. The molecule has 0 bridgehead atoms. The van der Waals surface area contributed by atoms with E-state index in [1.54, 1.807) is 26.0 Å². The van der Waals surface area contributed by atoms with E-state index in [9.17, 15) is 16.8 Å². The summed E-state index contributed by atoms with van der Waals surface area (Å²) in [6, 6.07) is 9.08. The number of rotatable bonds is 7. The molecule has 3 aliphatic heterocycles. The standard InChI is InChI=1S/C17H21NO11S2/c1-16(2)26-15-14-13(27-31(21,22)28-14)9-24-17(15,29-16)10-25-30(19,20)18-11-23-8-12-6-4-3-5-7-12/h3-7,11,13-15H,8-10H2,1-2H3/t13-,14-,15+,17+/m1/s1. The van der Waals surface area contributed by atoms with Crippen molar-refractivity contribution in [1.29, 1.82) is 0 Å². The number of fused-ring (bicyclic) bond motifs is 3. The van der Waals surface area contributed by atoms with Crippen LogP contribution in [-0.2, 0) is 58.8 Å². The Bertz CT molecular complexity index is 1040. The normalized spacial score (nSPS) is 33.8. The highest BCUT2D eigenvalue weighted by atomic mass is 32.3. The van der Waals surface area contributed by atoms with E-state index in [0.29, 0.717) is 0 Å². The third-order valence-electron chi connectivity index (χ3n) is 4.64. The van der Waals surface area contributed by atoms with E-state index in [1.165, 1.54) is 0 Å². The second kappa shape index (κ2) is 8.04. The minimum atomic E-state index is -4.42. The Labute approximate surface area is 179 Å². The molecule has 0 saturated carbocycles. The number of hydrogen-bond acceptors (Lipinski definition) is 11.